The van der Waals surface area contributed by atoms with E-state index in [-0.39, 0.29) is 21.7 Å². The minimum atomic E-state index is -4.85. The van der Waals surface area contributed by atoms with E-state index in [1.165, 1.54) is 36.4 Å². The third-order valence-electron chi connectivity index (χ3n) is 2.61. The number of carbonyl (C=O) groups is 1. The number of hydrogen-bond acceptors (Lipinski definition) is 2. The molecular formula is C14H7Cl2F3O2. The van der Waals surface area contributed by atoms with Crippen molar-refractivity contribution < 1.29 is 22.7 Å². The Morgan fingerprint density at radius 3 is 2.24 bits per heavy atom. The largest absolute Gasteiger partial charge is 0.573 e. The molecule has 0 N–H and O–H groups in total. The van der Waals surface area contributed by atoms with E-state index < -0.39 is 17.4 Å². The summed E-state index contributed by atoms with van der Waals surface area (Å²) in [5.41, 5.74) is 0.169. The second-order valence-electron chi connectivity index (χ2n) is 3.98. The van der Waals surface area contributed by atoms with Crippen LogP contribution in [0.15, 0.2) is 42.5 Å². The van der Waals surface area contributed by atoms with Gasteiger partial charge in [-0.05, 0) is 29.3 Å². The number of rotatable bonds is 3. The Hall–Kier alpha value is -1.72. The van der Waals surface area contributed by atoms with Gasteiger partial charge in [0.25, 0.3) is 5.24 Å². The number of benzene rings is 2. The van der Waals surface area contributed by atoms with E-state index in [1.807, 2.05) is 0 Å². The van der Waals surface area contributed by atoms with Crippen LogP contribution in [0.25, 0.3) is 11.1 Å². The predicted octanol–water partition coefficient (Wildman–Crippen LogP) is 5.28. The summed E-state index contributed by atoms with van der Waals surface area (Å²) in [5, 5.41) is -0.813. The average Bonchev–Trinajstić information content (AvgIpc) is 2.36. The first-order chi connectivity index (χ1) is 9.79. The molecule has 2 aromatic carbocycles. The first kappa shape index (κ1) is 15.7. The van der Waals surface area contributed by atoms with Gasteiger partial charge in [0.2, 0.25) is 0 Å². The molecule has 110 valence electrons. The third kappa shape index (κ3) is 3.68. The van der Waals surface area contributed by atoms with E-state index in [0.717, 1.165) is 6.07 Å². The van der Waals surface area contributed by atoms with E-state index in [9.17, 15) is 18.0 Å². The van der Waals surface area contributed by atoms with Crippen LogP contribution in [0.5, 0.6) is 5.75 Å². The van der Waals surface area contributed by atoms with Gasteiger partial charge in [-0.25, -0.2) is 0 Å². The summed E-state index contributed by atoms with van der Waals surface area (Å²) < 4.78 is 41.3. The van der Waals surface area contributed by atoms with Gasteiger partial charge < -0.3 is 4.74 Å². The molecule has 0 spiro atoms. The third-order valence-corrected chi connectivity index (χ3v) is 3.12. The van der Waals surface area contributed by atoms with Gasteiger partial charge in [-0.15, -0.1) is 13.2 Å². The molecule has 7 heteroatoms. The lowest BCUT2D eigenvalue weighted by Crippen LogP contribution is -2.17. The van der Waals surface area contributed by atoms with Crippen molar-refractivity contribution in [3.8, 4) is 16.9 Å². The molecule has 0 saturated heterocycles. The zero-order valence-corrected chi connectivity index (χ0v) is 11.8. The van der Waals surface area contributed by atoms with Gasteiger partial charge in [0, 0.05) is 5.56 Å². The maximum Gasteiger partial charge on any atom is 0.573 e. The highest BCUT2D eigenvalue weighted by Gasteiger charge is 2.32. The van der Waals surface area contributed by atoms with Crippen LogP contribution in [-0.4, -0.2) is 11.6 Å². The summed E-state index contributed by atoms with van der Waals surface area (Å²) >= 11 is 11.4. The summed E-state index contributed by atoms with van der Waals surface area (Å²) in [7, 11) is 0. The zero-order valence-electron chi connectivity index (χ0n) is 10.2. The quantitative estimate of drug-likeness (QED) is 0.713. The highest BCUT2D eigenvalue weighted by Crippen LogP contribution is 2.37. The standard InChI is InChI=1S/C14H7Cl2F3O2/c15-10-6-3-5-9(12(10)13(16)20)8-4-1-2-7-11(8)21-14(17,18)19/h1-7H. The Morgan fingerprint density at radius 1 is 1.00 bits per heavy atom. The molecule has 0 aromatic heterocycles. The molecule has 0 fully saturated rings. The average molecular weight is 335 g/mol. The van der Waals surface area contributed by atoms with E-state index in [1.54, 1.807) is 0 Å². The monoisotopic (exact) mass is 334 g/mol. The van der Waals surface area contributed by atoms with Crippen LogP contribution in [0, 0.1) is 0 Å². The van der Waals surface area contributed by atoms with Crippen molar-refractivity contribution in [1.29, 1.82) is 0 Å². The molecular weight excluding hydrogens is 328 g/mol. The van der Waals surface area contributed by atoms with Gasteiger partial charge in [-0.1, -0.05) is 41.9 Å². The van der Waals surface area contributed by atoms with Gasteiger partial charge in [-0.2, -0.15) is 0 Å². The van der Waals surface area contributed by atoms with Crippen LogP contribution in [-0.2, 0) is 0 Å². The molecule has 0 amide bonds. The van der Waals surface area contributed by atoms with Crippen LogP contribution in [0.3, 0.4) is 0 Å². The van der Waals surface area contributed by atoms with Crippen LogP contribution in [0.1, 0.15) is 10.4 Å². The van der Waals surface area contributed by atoms with Crippen LogP contribution in [0.2, 0.25) is 5.02 Å². The fraction of sp³-hybridized carbons (Fsp3) is 0.0714. The van der Waals surface area contributed by atoms with Gasteiger partial charge in [0.05, 0.1) is 10.6 Å². The normalized spacial score (nSPS) is 11.3. The SMILES string of the molecule is O=C(Cl)c1c(Cl)cccc1-c1ccccc1OC(F)(F)F. The van der Waals surface area contributed by atoms with Gasteiger partial charge in [0.1, 0.15) is 5.75 Å². The predicted molar refractivity (Wildman–Crippen MR) is 73.8 cm³/mol. The summed E-state index contributed by atoms with van der Waals surface area (Å²) in [4.78, 5) is 11.5. The molecule has 0 unspecified atom stereocenters. The van der Waals surface area contributed by atoms with E-state index in [4.69, 9.17) is 23.2 Å². The Kier molecular flexibility index (Phi) is 4.44. The number of halogens is 5. The summed E-state index contributed by atoms with van der Waals surface area (Å²) in [6.45, 7) is 0. The van der Waals surface area contributed by atoms with Gasteiger partial charge >= 0.3 is 6.36 Å². The molecule has 0 heterocycles. The Balaban J connectivity index is 2.63. The number of para-hydroxylation sites is 1. The minimum Gasteiger partial charge on any atom is -0.405 e. The molecule has 0 radical (unpaired) electrons. The Labute approximate surface area is 128 Å². The molecule has 0 bridgehead atoms. The topological polar surface area (TPSA) is 26.3 Å². The molecule has 0 aliphatic heterocycles. The second-order valence-corrected chi connectivity index (χ2v) is 4.73. The van der Waals surface area contributed by atoms with Crippen molar-refractivity contribution in [3.05, 3.63) is 53.1 Å². The van der Waals surface area contributed by atoms with Gasteiger partial charge in [-0.3, -0.25) is 4.79 Å². The number of carbonyl (C=O) groups excluding carboxylic acids is 1. The Morgan fingerprint density at radius 2 is 1.62 bits per heavy atom. The number of hydrogen-bond donors (Lipinski definition) is 0. The molecule has 0 aliphatic carbocycles. The molecule has 2 aromatic rings. The van der Waals surface area contributed by atoms with Crippen LogP contribution in [0.4, 0.5) is 13.2 Å². The van der Waals surface area contributed by atoms with Crippen molar-refractivity contribution in [2.75, 3.05) is 0 Å². The van der Waals surface area contributed by atoms with Crippen molar-refractivity contribution in [2.24, 2.45) is 0 Å². The Bertz CT molecular complexity index is 684. The number of ether oxygens (including phenoxy) is 1. The van der Waals surface area contributed by atoms with Crippen molar-refractivity contribution in [1.82, 2.24) is 0 Å². The molecule has 2 nitrogen and oxygen atoms in total. The van der Waals surface area contributed by atoms with Crippen molar-refractivity contribution in [3.63, 3.8) is 0 Å². The lowest BCUT2D eigenvalue weighted by atomic mass is 9.99. The fourth-order valence-corrected chi connectivity index (χ4v) is 2.36. The number of alkyl halides is 3. The minimum absolute atomic E-state index is 0.0503. The molecule has 21 heavy (non-hydrogen) atoms. The van der Waals surface area contributed by atoms with Crippen LogP contribution >= 0.6 is 23.2 Å². The highest BCUT2D eigenvalue weighted by molar-refractivity contribution is 6.69. The van der Waals surface area contributed by atoms with Gasteiger partial charge in [0.15, 0.2) is 0 Å². The maximum absolute atomic E-state index is 12.4. The zero-order chi connectivity index (χ0) is 15.6. The van der Waals surface area contributed by atoms with Crippen molar-refractivity contribution in [2.45, 2.75) is 6.36 Å². The summed E-state index contributed by atoms with van der Waals surface area (Å²) in [5.74, 6) is -0.438. The highest BCUT2D eigenvalue weighted by atomic mass is 35.5. The lowest BCUT2D eigenvalue weighted by Gasteiger charge is -2.15. The summed E-state index contributed by atoms with van der Waals surface area (Å²) in [6.07, 6.45) is -4.85. The molecule has 2 rings (SSSR count). The smallest absolute Gasteiger partial charge is 0.405 e. The maximum atomic E-state index is 12.4. The molecule has 0 aliphatic rings. The van der Waals surface area contributed by atoms with Crippen LogP contribution < -0.4 is 4.74 Å². The summed E-state index contributed by atoms with van der Waals surface area (Å²) in [6, 6.07) is 9.81. The molecule has 0 atom stereocenters. The molecule has 0 saturated carbocycles. The van der Waals surface area contributed by atoms with E-state index in [0.29, 0.717) is 0 Å². The van der Waals surface area contributed by atoms with Crippen molar-refractivity contribution >= 4 is 28.4 Å². The first-order valence-corrected chi connectivity index (χ1v) is 6.38. The van der Waals surface area contributed by atoms with E-state index >= 15 is 0 Å². The fourth-order valence-electron chi connectivity index (χ4n) is 1.85. The first-order valence-electron chi connectivity index (χ1n) is 5.63. The second kappa shape index (κ2) is 5.95. The lowest BCUT2D eigenvalue weighted by molar-refractivity contribution is -0.274. The van der Waals surface area contributed by atoms with E-state index in [2.05, 4.69) is 4.74 Å².